The van der Waals surface area contributed by atoms with Crippen LogP contribution in [0, 0.1) is 5.92 Å². The molecular weight excluding hydrogens is 264 g/mol. The van der Waals surface area contributed by atoms with Crippen LogP contribution >= 0.6 is 0 Å². The van der Waals surface area contributed by atoms with Gasteiger partial charge in [0, 0.05) is 12.1 Å². The fraction of sp³-hybridized carbons (Fsp3) is 0.941. The van der Waals surface area contributed by atoms with Crippen molar-refractivity contribution in [3.63, 3.8) is 0 Å². The monoisotopic (exact) mass is 298 g/mol. The van der Waals surface area contributed by atoms with Crippen molar-refractivity contribution in [1.82, 2.24) is 10.6 Å². The highest BCUT2D eigenvalue weighted by Gasteiger charge is 2.38. The molecule has 0 heterocycles. The lowest BCUT2D eigenvalue weighted by molar-refractivity contribution is 0.0480. The Labute approximate surface area is 130 Å². The van der Waals surface area contributed by atoms with Gasteiger partial charge in [-0.1, -0.05) is 33.1 Å². The largest absolute Gasteiger partial charge is 0.444 e. The molecule has 0 aromatic carbocycles. The first-order valence-corrected chi connectivity index (χ1v) is 8.51. The van der Waals surface area contributed by atoms with Gasteiger partial charge < -0.3 is 15.4 Å². The lowest BCUT2D eigenvalue weighted by Gasteiger charge is -2.44. The van der Waals surface area contributed by atoms with Gasteiger partial charge in [0.15, 0.2) is 0 Å². The molecule has 1 aliphatic rings. The molecule has 1 amide bonds. The number of carbonyl (C=O) groups excluding carboxylic acids is 1. The van der Waals surface area contributed by atoms with E-state index in [9.17, 15) is 4.79 Å². The number of ether oxygens (including phenoxy) is 1. The zero-order valence-corrected chi connectivity index (χ0v) is 14.6. The summed E-state index contributed by atoms with van der Waals surface area (Å²) in [5.41, 5.74) is -0.407. The smallest absolute Gasteiger partial charge is 0.407 e. The standard InChI is InChI=1S/C17H34N2O2/c1-6-7-12-19-17(11-9-8-10-14(17)2)13-18-15(20)21-16(3,4)5/h14,19H,6-13H2,1-5H3,(H,18,20). The van der Waals surface area contributed by atoms with Crippen LogP contribution in [0.5, 0.6) is 0 Å². The average Bonchev–Trinajstić information content (AvgIpc) is 2.38. The molecule has 0 radical (unpaired) electrons. The Kier molecular flexibility index (Phi) is 6.98. The minimum atomic E-state index is -0.439. The summed E-state index contributed by atoms with van der Waals surface area (Å²) in [6.45, 7) is 11.9. The van der Waals surface area contributed by atoms with E-state index >= 15 is 0 Å². The van der Waals surface area contributed by atoms with Gasteiger partial charge in [-0.05, 0) is 52.5 Å². The van der Waals surface area contributed by atoms with Crippen molar-refractivity contribution in [1.29, 1.82) is 0 Å². The molecule has 0 bridgehead atoms. The molecular formula is C17H34N2O2. The van der Waals surface area contributed by atoms with Crippen LogP contribution in [0.15, 0.2) is 0 Å². The summed E-state index contributed by atoms with van der Waals surface area (Å²) in [7, 11) is 0. The molecule has 2 unspecified atom stereocenters. The van der Waals surface area contributed by atoms with Crippen molar-refractivity contribution in [2.45, 2.75) is 84.3 Å². The summed E-state index contributed by atoms with van der Waals surface area (Å²) < 4.78 is 5.36. The summed E-state index contributed by atoms with van der Waals surface area (Å²) in [6, 6.07) is 0. The predicted molar refractivity (Wildman–Crippen MR) is 87.5 cm³/mol. The molecule has 0 saturated heterocycles. The number of hydrogen-bond acceptors (Lipinski definition) is 3. The zero-order valence-electron chi connectivity index (χ0n) is 14.6. The molecule has 0 aromatic rings. The summed E-state index contributed by atoms with van der Waals surface area (Å²) in [6.07, 6.45) is 6.96. The number of alkyl carbamates (subject to hydrolysis) is 1. The fourth-order valence-corrected chi connectivity index (χ4v) is 3.06. The number of hydrogen-bond donors (Lipinski definition) is 2. The maximum absolute atomic E-state index is 11.9. The molecule has 2 N–H and O–H groups in total. The summed E-state index contributed by atoms with van der Waals surface area (Å²) in [5.74, 6) is 0.582. The molecule has 2 atom stereocenters. The van der Waals surface area contributed by atoms with Crippen molar-refractivity contribution in [3.8, 4) is 0 Å². The zero-order chi connectivity index (χ0) is 15.9. The average molecular weight is 298 g/mol. The third kappa shape index (κ3) is 6.25. The SMILES string of the molecule is CCCCNC1(CNC(=O)OC(C)(C)C)CCCCC1C. The molecule has 4 nitrogen and oxygen atoms in total. The van der Waals surface area contributed by atoms with Crippen LogP contribution in [0.2, 0.25) is 0 Å². The second kappa shape index (κ2) is 8.02. The number of nitrogens with one attached hydrogen (secondary N) is 2. The third-order valence-electron chi connectivity index (χ3n) is 4.41. The summed E-state index contributed by atoms with van der Waals surface area (Å²) >= 11 is 0. The topological polar surface area (TPSA) is 50.4 Å². The van der Waals surface area contributed by atoms with Crippen LogP contribution in [0.1, 0.15) is 73.1 Å². The fourth-order valence-electron chi connectivity index (χ4n) is 3.06. The van der Waals surface area contributed by atoms with Crippen molar-refractivity contribution in [2.75, 3.05) is 13.1 Å². The van der Waals surface area contributed by atoms with Crippen LogP contribution in [0.25, 0.3) is 0 Å². The maximum atomic E-state index is 11.9. The van der Waals surface area contributed by atoms with E-state index in [1.165, 1.54) is 32.1 Å². The van der Waals surface area contributed by atoms with Crippen LogP contribution in [-0.4, -0.2) is 30.3 Å². The van der Waals surface area contributed by atoms with E-state index in [0.29, 0.717) is 12.5 Å². The highest BCUT2D eigenvalue weighted by molar-refractivity contribution is 5.67. The molecule has 1 rings (SSSR count). The third-order valence-corrected chi connectivity index (χ3v) is 4.41. The lowest BCUT2D eigenvalue weighted by atomic mass is 9.73. The Morgan fingerprint density at radius 3 is 2.62 bits per heavy atom. The highest BCUT2D eigenvalue weighted by Crippen LogP contribution is 2.33. The van der Waals surface area contributed by atoms with Gasteiger partial charge in [-0.25, -0.2) is 4.79 Å². The molecule has 124 valence electrons. The van der Waals surface area contributed by atoms with Gasteiger partial charge in [-0.3, -0.25) is 0 Å². The second-order valence-electron chi connectivity index (χ2n) is 7.44. The highest BCUT2D eigenvalue weighted by atomic mass is 16.6. The van der Waals surface area contributed by atoms with Gasteiger partial charge in [0.05, 0.1) is 0 Å². The van der Waals surface area contributed by atoms with Crippen LogP contribution < -0.4 is 10.6 Å². The minimum absolute atomic E-state index is 0.0321. The Morgan fingerprint density at radius 2 is 2.05 bits per heavy atom. The van der Waals surface area contributed by atoms with E-state index in [-0.39, 0.29) is 11.6 Å². The van der Waals surface area contributed by atoms with Gasteiger partial charge >= 0.3 is 6.09 Å². The van der Waals surface area contributed by atoms with Crippen LogP contribution in [-0.2, 0) is 4.74 Å². The summed E-state index contributed by atoms with van der Waals surface area (Å²) in [4.78, 5) is 11.9. The number of amides is 1. The first kappa shape index (κ1) is 18.3. The van der Waals surface area contributed by atoms with Crippen molar-refractivity contribution in [3.05, 3.63) is 0 Å². The molecule has 21 heavy (non-hydrogen) atoms. The van der Waals surface area contributed by atoms with Crippen LogP contribution in [0.3, 0.4) is 0 Å². The maximum Gasteiger partial charge on any atom is 0.407 e. The second-order valence-corrected chi connectivity index (χ2v) is 7.44. The van der Waals surface area contributed by atoms with E-state index in [1.807, 2.05) is 20.8 Å². The lowest BCUT2D eigenvalue weighted by Crippen LogP contribution is -2.59. The molecule has 1 aliphatic carbocycles. The minimum Gasteiger partial charge on any atom is -0.444 e. The van der Waals surface area contributed by atoms with E-state index in [2.05, 4.69) is 24.5 Å². The van der Waals surface area contributed by atoms with Gasteiger partial charge in [0.2, 0.25) is 0 Å². The molecule has 1 saturated carbocycles. The van der Waals surface area contributed by atoms with Crippen molar-refractivity contribution in [2.24, 2.45) is 5.92 Å². The van der Waals surface area contributed by atoms with Gasteiger partial charge in [0.1, 0.15) is 5.60 Å². The quantitative estimate of drug-likeness (QED) is 0.732. The molecule has 0 aliphatic heterocycles. The van der Waals surface area contributed by atoms with E-state index in [0.717, 1.165) is 13.0 Å². The Balaban J connectivity index is 2.58. The Hall–Kier alpha value is -0.770. The van der Waals surface area contributed by atoms with Crippen molar-refractivity contribution < 1.29 is 9.53 Å². The van der Waals surface area contributed by atoms with E-state index in [4.69, 9.17) is 4.74 Å². The number of rotatable bonds is 6. The Morgan fingerprint density at radius 1 is 1.33 bits per heavy atom. The number of unbranched alkanes of at least 4 members (excludes halogenated alkanes) is 1. The van der Waals surface area contributed by atoms with Crippen LogP contribution in [0.4, 0.5) is 4.79 Å². The summed E-state index contributed by atoms with van der Waals surface area (Å²) in [5, 5.41) is 6.72. The number of carbonyl (C=O) groups is 1. The molecule has 4 heteroatoms. The predicted octanol–water partition coefficient (Wildman–Crippen LogP) is 3.85. The first-order chi connectivity index (χ1) is 9.79. The molecule has 1 fully saturated rings. The van der Waals surface area contributed by atoms with Gasteiger partial charge in [0.25, 0.3) is 0 Å². The van der Waals surface area contributed by atoms with Gasteiger partial charge in [-0.2, -0.15) is 0 Å². The van der Waals surface area contributed by atoms with Gasteiger partial charge in [-0.15, -0.1) is 0 Å². The molecule has 0 aromatic heterocycles. The molecule has 0 spiro atoms. The normalized spacial score (nSPS) is 26.4. The van der Waals surface area contributed by atoms with E-state index in [1.54, 1.807) is 0 Å². The van der Waals surface area contributed by atoms with E-state index < -0.39 is 5.60 Å². The Bertz CT molecular complexity index is 325. The first-order valence-electron chi connectivity index (χ1n) is 8.51. The van der Waals surface area contributed by atoms with Crippen molar-refractivity contribution >= 4 is 6.09 Å².